The Morgan fingerprint density at radius 1 is 1.36 bits per heavy atom. The second-order valence-corrected chi connectivity index (χ2v) is 6.47. The quantitative estimate of drug-likeness (QED) is 0.750. The van der Waals surface area contributed by atoms with Gasteiger partial charge in [0.25, 0.3) is 0 Å². The molecular weight excluding hydrogens is 314 g/mol. The molecule has 0 bridgehead atoms. The smallest absolute Gasteiger partial charge is 0.226 e. The molecule has 0 unspecified atom stereocenters. The molecule has 0 aliphatic carbocycles. The molecule has 25 heavy (non-hydrogen) atoms. The number of aromatic nitrogens is 1. The van der Waals surface area contributed by atoms with Crippen LogP contribution in [0, 0.1) is 18.3 Å². The third-order valence-electron chi connectivity index (χ3n) is 4.69. The maximum absolute atomic E-state index is 12.2. The van der Waals surface area contributed by atoms with Gasteiger partial charge in [-0.2, -0.15) is 5.26 Å². The summed E-state index contributed by atoms with van der Waals surface area (Å²) in [5.74, 6) is 1.60. The molecule has 2 heterocycles. The minimum absolute atomic E-state index is 0.103. The van der Waals surface area contributed by atoms with Crippen LogP contribution in [0.5, 0.6) is 0 Å². The number of oxazole rings is 1. The van der Waals surface area contributed by atoms with Crippen molar-refractivity contribution in [2.45, 2.75) is 51.5 Å². The lowest BCUT2D eigenvalue weighted by Crippen LogP contribution is -2.34. The molecule has 1 amide bonds. The van der Waals surface area contributed by atoms with Gasteiger partial charge >= 0.3 is 0 Å². The van der Waals surface area contributed by atoms with Crippen LogP contribution < -0.4 is 0 Å². The summed E-state index contributed by atoms with van der Waals surface area (Å²) in [5.41, 5.74) is 1.94. The number of carbonyl (C=O) groups excluding carboxylic acids is 1. The van der Waals surface area contributed by atoms with E-state index in [2.05, 4.69) is 11.1 Å². The number of benzene rings is 1. The van der Waals surface area contributed by atoms with E-state index in [1.54, 1.807) is 4.90 Å². The Labute approximate surface area is 148 Å². The zero-order chi connectivity index (χ0) is 17.6. The summed E-state index contributed by atoms with van der Waals surface area (Å²) in [4.78, 5) is 18.5. The summed E-state index contributed by atoms with van der Waals surface area (Å²) in [6.07, 6.45) is 4.74. The van der Waals surface area contributed by atoms with Crippen molar-refractivity contribution in [3.8, 4) is 17.5 Å². The Balaban J connectivity index is 1.49. The van der Waals surface area contributed by atoms with Gasteiger partial charge in [-0.25, -0.2) is 4.98 Å². The standard InChI is InChI=1S/C20H23N3O2/c1-15-18(22-20(25-15)16-8-3-2-4-9-16)11-5-6-12-19(24)23-13-7-10-17(23)14-21/h2-4,8-9,17H,5-7,10-13H2,1H3/t17-/m0/s1. The molecular formula is C20H23N3O2. The maximum atomic E-state index is 12.2. The van der Waals surface area contributed by atoms with Crippen molar-refractivity contribution in [3.05, 3.63) is 41.8 Å². The predicted octanol–water partition coefficient (Wildman–Crippen LogP) is 3.88. The minimum Gasteiger partial charge on any atom is -0.441 e. The molecule has 0 saturated carbocycles. The van der Waals surface area contributed by atoms with Gasteiger partial charge < -0.3 is 9.32 Å². The van der Waals surface area contributed by atoms with Crippen LogP contribution in [0.25, 0.3) is 11.5 Å². The largest absolute Gasteiger partial charge is 0.441 e. The highest BCUT2D eigenvalue weighted by Crippen LogP contribution is 2.23. The first-order valence-electron chi connectivity index (χ1n) is 8.90. The average Bonchev–Trinajstić information content (AvgIpc) is 3.26. The van der Waals surface area contributed by atoms with Gasteiger partial charge in [0.2, 0.25) is 11.8 Å². The monoisotopic (exact) mass is 337 g/mol. The normalized spacial score (nSPS) is 16.8. The maximum Gasteiger partial charge on any atom is 0.226 e. The van der Waals surface area contributed by atoms with E-state index in [-0.39, 0.29) is 11.9 Å². The van der Waals surface area contributed by atoms with Crippen LogP contribution in [0.2, 0.25) is 0 Å². The minimum atomic E-state index is -0.223. The first kappa shape index (κ1) is 17.2. The highest BCUT2D eigenvalue weighted by atomic mass is 16.4. The van der Waals surface area contributed by atoms with Gasteiger partial charge in [-0.3, -0.25) is 4.79 Å². The van der Waals surface area contributed by atoms with E-state index < -0.39 is 0 Å². The van der Waals surface area contributed by atoms with Gasteiger partial charge in [0.05, 0.1) is 11.8 Å². The summed E-state index contributed by atoms with van der Waals surface area (Å²) in [6.45, 7) is 2.65. The number of aryl methyl sites for hydroxylation is 2. The Bertz CT molecular complexity index is 761. The first-order chi connectivity index (χ1) is 12.2. The fourth-order valence-corrected chi connectivity index (χ4v) is 3.28. The molecule has 5 nitrogen and oxygen atoms in total. The van der Waals surface area contributed by atoms with Crippen molar-refractivity contribution >= 4 is 5.91 Å². The highest BCUT2D eigenvalue weighted by Gasteiger charge is 2.27. The SMILES string of the molecule is Cc1oc(-c2ccccc2)nc1CCCCC(=O)N1CCC[C@H]1C#N. The van der Waals surface area contributed by atoms with Crippen molar-refractivity contribution in [2.75, 3.05) is 6.54 Å². The lowest BCUT2D eigenvalue weighted by atomic mass is 10.1. The van der Waals surface area contributed by atoms with Gasteiger partial charge in [0.1, 0.15) is 11.8 Å². The van der Waals surface area contributed by atoms with Crippen LogP contribution in [-0.2, 0) is 11.2 Å². The van der Waals surface area contributed by atoms with E-state index >= 15 is 0 Å². The second kappa shape index (κ2) is 7.98. The van der Waals surface area contributed by atoms with E-state index in [4.69, 9.17) is 9.68 Å². The van der Waals surface area contributed by atoms with Crippen molar-refractivity contribution in [1.82, 2.24) is 9.88 Å². The number of nitrogens with zero attached hydrogens (tertiary/aromatic N) is 3. The summed E-state index contributed by atoms with van der Waals surface area (Å²) in [5, 5.41) is 9.07. The third kappa shape index (κ3) is 4.08. The fraction of sp³-hybridized carbons (Fsp3) is 0.450. The molecule has 0 spiro atoms. The van der Waals surface area contributed by atoms with Gasteiger partial charge in [0.15, 0.2) is 0 Å². The molecule has 1 aliphatic rings. The topological polar surface area (TPSA) is 70.1 Å². The molecule has 0 radical (unpaired) electrons. The molecule has 5 heteroatoms. The average molecular weight is 337 g/mol. The van der Waals surface area contributed by atoms with Crippen molar-refractivity contribution in [2.24, 2.45) is 0 Å². The molecule has 0 N–H and O–H groups in total. The molecule has 1 aliphatic heterocycles. The number of hydrogen-bond donors (Lipinski definition) is 0. The molecule has 1 saturated heterocycles. The van der Waals surface area contributed by atoms with Gasteiger partial charge in [-0.05, 0) is 51.2 Å². The third-order valence-corrected chi connectivity index (χ3v) is 4.69. The van der Waals surface area contributed by atoms with Crippen molar-refractivity contribution in [3.63, 3.8) is 0 Å². The van der Waals surface area contributed by atoms with E-state index in [1.165, 1.54) is 0 Å². The number of likely N-dealkylation sites (tertiary alicyclic amines) is 1. The Morgan fingerprint density at radius 2 is 2.16 bits per heavy atom. The Kier molecular flexibility index (Phi) is 5.49. The number of amides is 1. The summed E-state index contributed by atoms with van der Waals surface area (Å²) in [6, 6.07) is 11.9. The molecule has 1 atom stereocenters. The molecule has 1 aromatic carbocycles. The number of unbranched alkanes of at least 4 members (excludes halogenated alkanes) is 1. The van der Waals surface area contributed by atoms with Gasteiger partial charge in [0, 0.05) is 18.5 Å². The van der Waals surface area contributed by atoms with E-state index in [0.717, 1.165) is 55.7 Å². The van der Waals surface area contributed by atoms with Crippen molar-refractivity contribution < 1.29 is 9.21 Å². The Morgan fingerprint density at radius 3 is 2.92 bits per heavy atom. The molecule has 1 fully saturated rings. The fourth-order valence-electron chi connectivity index (χ4n) is 3.28. The highest BCUT2D eigenvalue weighted by molar-refractivity contribution is 5.77. The molecule has 3 rings (SSSR count). The van der Waals surface area contributed by atoms with Crippen LogP contribution in [0.3, 0.4) is 0 Å². The summed E-state index contributed by atoms with van der Waals surface area (Å²) < 4.78 is 5.77. The zero-order valence-corrected chi connectivity index (χ0v) is 14.6. The number of carbonyl (C=O) groups is 1. The van der Waals surface area contributed by atoms with Crippen molar-refractivity contribution in [1.29, 1.82) is 5.26 Å². The van der Waals surface area contributed by atoms with Gasteiger partial charge in [-0.1, -0.05) is 18.2 Å². The number of hydrogen-bond acceptors (Lipinski definition) is 4. The molecule has 2 aromatic rings. The zero-order valence-electron chi connectivity index (χ0n) is 14.6. The molecule has 130 valence electrons. The first-order valence-corrected chi connectivity index (χ1v) is 8.90. The number of nitriles is 1. The van der Waals surface area contributed by atoms with E-state index in [1.807, 2.05) is 37.3 Å². The summed E-state index contributed by atoms with van der Waals surface area (Å²) >= 11 is 0. The van der Waals surface area contributed by atoms with Crippen LogP contribution >= 0.6 is 0 Å². The second-order valence-electron chi connectivity index (χ2n) is 6.47. The lowest BCUT2D eigenvalue weighted by molar-refractivity contribution is -0.131. The van der Waals surface area contributed by atoms with E-state index in [9.17, 15) is 4.79 Å². The lowest BCUT2D eigenvalue weighted by Gasteiger charge is -2.19. The number of rotatable bonds is 6. The van der Waals surface area contributed by atoms with Crippen LogP contribution in [-0.4, -0.2) is 28.4 Å². The van der Waals surface area contributed by atoms with Crippen LogP contribution in [0.4, 0.5) is 0 Å². The summed E-state index contributed by atoms with van der Waals surface area (Å²) in [7, 11) is 0. The van der Waals surface area contributed by atoms with Crippen LogP contribution in [0.15, 0.2) is 34.7 Å². The molecule has 1 aromatic heterocycles. The predicted molar refractivity (Wildman–Crippen MR) is 94.6 cm³/mol. The van der Waals surface area contributed by atoms with Crippen LogP contribution in [0.1, 0.15) is 43.6 Å². The Hall–Kier alpha value is -2.61. The van der Waals surface area contributed by atoms with Gasteiger partial charge in [-0.15, -0.1) is 0 Å². The van der Waals surface area contributed by atoms with E-state index in [0.29, 0.717) is 12.3 Å².